The van der Waals surface area contributed by atoms with Gasteiger partial charge in [-0.05, 0) is 47.7 Å². The van der Waals surface area contributed by atoms with Crippen LogP contribution >= 0.6 is 35.0 Å². The monoisotopic (exact) mass is 437 g/mol. The van der Waals surface area contributed by atoms with Gasteiger partial charge >= 0.3 is 5.97 Å². The second-order valence-electron chi connectivity index (χ2n) is 5.61. The molecular weight excluding hydrogens is 425 g/mol. The van der Waals surface area contributed by atoms with Crippen molar-refractivity contribution in [3.05, 3.63) is 62.5 Å². The van der Waals surface area contributed by atoms with E-state index in [4.69, 9.17) is 32.7 Å². The van der Waals surface area contributed by atoms with Crippen molar-refractivity contribution in [2.45, 2.75) is 6.42 Å². The fraction of sp³-hybridized carbons (Fsp3) is 0.105. The summed E-state index contributed by atoms with van der Waals surface area (Å²) >= 11 is 13.0. The second-order valence-corrected chi connectivity index (χ2v) is 7.44. The molecule has 1 saturated heterocycles. The number of benzene rings is 2. The number of thioether (sulfide) groups is 1. The first-order chi connectivity index (χ1) is 13.4. The van der Waals surface area contributed by atoms with Crippen LogP contribution in [0.5, 0.6) is 11.5 Å². The van der Waals surface area contributed by atoms with E-state index in [1.54, 1.807) is 36.4 Å². The van der Waals surface area contributed by atoms with Gasteiger partial charge in [0, 0.05) is 15.6 Å². The van der Waals surface area contributed by atoms with Crippen LogP contribution in [-0.4, -0.2) is 24.2 Å². The van der Waals surface area contributed by atoms with Gasteiger partial charge in [0.25, 0.3) is 11.1 Å². The number of nitrogens with one attached hydrogen (secondary N) is 1. The summed E-state index contributed by atoms with van der Waals surface area (Å²) in [4.78, 5) is 35.4. The van der Waals surface area contributed by atoms with Gasteiger partial charge in [-0.3, -0.25) is 19.7 Å². The average Bonchev–Trinajstić information content (AvgIpc) is 2.96. The molecule has 0 aromatic heterocycles. The minimum absolute atomic E-state index is 0.105. The summed E-state index contributed by atoms with van der Waals surface area (Å²) in [5.41, 5.74) is 1.09. The normalized spacial score (nSPS) is 14.9. The van der Waals surface area contributed by atoms with E-state index in [0.29, 0.717) is 26.9 Å². The third-order valence-corrected chi connectivity index (χ3v) is 5.25. The number of ether oxygens (including phenoxy) is 2. The predicted octanol–water partition coefficient (Wildman–Crippen LogP) is 4.47. The minimum Gasteiger partial charge on any atom is -0.493 e. The highest BCUT2D eigenvalue weighted by Gasteiger charge is 2.25. The molecule has 6 nitrogen and oxygen atoms in total. The SMILES string of the molecule is COc1cc(C=C2SC(=O)NC2=O)ccc1OC(=O)Cc1c(Cl)cccc1Cl. The Balaban J connectivity index is 1.77. The maximum atomic E-state index is 12.3. The van der Waals surface area contributed by atoms with Gasteiger partial charge in [0.1, 0.15) is 0 Å². The first-order valence-corrected chi connectivity index (χ1v) is 9.51. The zero-order valence-corrected chi connectivity index (χ0v) is 16.8. The molecule has 1 heterocycles. The van der Waals surface area contributed by atoms with E-state index < -0.39 is 17.1 Å². The lowest BCUT2D eigenvalue weighted by atomic mass is 10.1. The van der Waals surface area contributed by atoms with E-state index in [9.17, 15) is 14.4 Å². The molecule has 1 N–H and O–H groups in total. The van der Waals surface area contributed by atoms with Crippen molar-refractivity contribution in [2.24, 2.45) is 0 Å². The van der Waals surface area contributed by atoms with Crippen LogP contribution in [0.3, 0.4) is 0 Å². The number of imide groups is 1. The molecule has 3 rings (SSSR count). The van der Waals surface area contributed by atoms with E-state index in [1.165, 1.54) is 13.2 Å². The Morgan fingerprint density at radius 3 is 2.46 bits per heavy atom. The third-order valence-electron chi connectivity index (χ3n) is 3.73. The van der Waals surface area contributed by atoms with Gasteiger partial charge in [0.15, 0.2) is 11.5 Å². The van der Waals surface area contributed by atoms with Crippen molar-refractivity contribution in [1.29, 1.82) is 0 Å². The molecule has 0 saturated carbocycles. The smallest absolute Gasteiger partial charge is 0.315 e. The lowest BCUT2D eigenvalue weighted by Crippen LogP contribution is -2.17. The zero-order valence-electron chi connectivity index (χ0n) is 14.5. The standard InChI is InChI=1S/C19H13Cl2NO5S/c1-26-15-7-10(8-16-18(24)22-19(25)28-16)5-6-14(15)27-17(23)9-11-12(20)3-2-4-13(11)21/h2-8H,9H2,1H3,(H,22,24,25). The molecule has 144 valence electrons. The van der Waals surface area contributed by atoms with Gasteiger partial charge < -0.3 is 9.47 Å². The first-order valence-electron chi connectivity index (χ1n) is 7.94. The molecule has 0 radical (unpaired) electrons. The molecule has 9 heteroatoms. The summed E-state index contributed by atoms with van der Waals surface area (Å²) in [5, 5.41) is 2.51. The van der Waals surface area contributed by atoms with E-state index in [2.05, 4.69) is 5.32 Å². The molecule has 1 fully saturated rings. The Kier molecular flexibility index (Phi) is 6.28. The molecule has 1 aliphatic rings. The number of carbonyl (C=O) groups is 3. The van der Waals surface area contributed by atoms with Crippen LogP contribution in [0.2, 0.25) is 10.0 Å². The van der Waals surface area contributed by atoms with Crippen LogP contribution in [0.4, 0.5) is 4.79 Å². The van der Waals surface area contributed by atoms with Crippen LogP contribution in [0, 0.1) is 0 Å². The fourth-order valence-corrected chi connectivity index (χ4v) is 3.65. The second kappa shape index (κ2) is 8.68. The van der Waals surface area contributed by atoms with Gasteiger partial charge in [-0.15, -0.1) is 0 Å². The van der Waals surface area contributed by atoms with Gasteiger partial charge in [-0.1, -0.05) is 35.3 Å². The number of amides is 2. The van der Waals surface area contributed by atoms with Crippen molar-refractivity contribution in [3.8, 4) is 11.5 Å². The molecular formula is C19H13Cl2NO5S. The molecule has 28 heavy (non-hydrogen) atoms. The average molecular weight is 438 g/mol. The summed E-state index contributed by atoms with van der Waals surface area (Å²) < 4.78 is 10.6. The quantitative estimate of drug-likeness (QED) is 0.421. The zero-order chi connectivity index (χ0) is 20.3. The van der Waals surface area contributed by atoms with Crippen molar-refractivity contribution < 1.29 is 23.9 Å². The van der Waals surface area contributed by atoms with Crippen molar-refractivity contribution >= 4 is 58.2 Å². The Morgan fingerprint density at radius 2 is 1.86 bits per heavy atom. The largest absolute Gasteiger partial charge is 0.493 e. The van der Waals surface area contributed by atoms with Gasteiger partial charge in [0.2, 0.25) is 0 Å². The van der Waals surface area contributed by atoms with Crippen LogP contribution in [0.15, 0.2) is 41.3 Å². The maximum absolute atomic E-state index is 12.3. The lowest BCUT2D eigenvalue weighted by molar-refractivity contribution is -0.133. The molecule has 0 spiro atoms. The highest BCUT2D eigenvalue weighted by atomic mass is 35.5. The highest BCUT2D eigenvalue weighted by Crippen LogP contribution is 2.32. The fourth-order valence-electron chi connectivity index (χ4n) is 2.43. The van der Waals surface area contributed by atoms with Crippen molar-refractivity contribution in [3.63, 3.8) is 0 Å². The predicted molar refractivity (Wildman–Crippen MR) is 108 cm³/mol. The van der Waals surface area contributed by atoms with Gasteiger partial charge in [-0.25, -0.2) is 0 Å². The molecule has 0 aliphatic carbocycles. The number of hydrogen-bond acceptors (Lipinski definition) is 6. The maximum Gasteiger partial charge on any atom is 0.315 e. The molecule has 0 atom stereocenters. The van der Waals surface area contributed by atoms with Gasteiger partial charge in [0.05, 0.1) is 18.4 Å². The van der Waals surface area contributed by atoms with Crippen molar-refractivity contribution in [2.75, 3.05) is 7.11 Å². The topological polar surface area (TPSA) is 81.7 Å². The number of carbonyl (C=O) groups excluding carboxylic acids is 3. The van der Waals surface area contributed by atoms with E-state index in [-0.39, 0.29) is 17.1 Å². The van der Waals surface area contributed by atoms with Gasteiger partial charge in [-0.2, -0.15) is 0 Å². The molecule has 0 unspecified atom stereocenters. The number of esters is 1. The first kappa shape index (κ1) is 20.3. The Hall–Kier alpha value is -2.48. The molecule has 0 bridgehead atoms. The summed E-state index contributed by atoms with van der Waals surface area (Å²) in [7, 11) is 1.43. The summed E-state index contributed by atoms with van der Waals surface area (Å²) in [6, 6.07) is 9.73. The van der Waals surface area contributed by atoms with E-state index in [1.807, 2.05) is 0 Å². The van der Waals surface area contributed by atoms with E-state index >= 15 is 0 Å². The number of halogens is 2. The minimum atomic E-state index is -0.560. The molecule has 2 amide bonds. The molecule has 2 aromatic carbocycles. The van der Waals surface area contributed by atoms with Crippen LogP contribution in [0.1, 0.15) is 11.1 Å². The Labute approximate surface area is 174 Å². The Bertz CT molecular complexity index is 986. The van der Waals surface area contributed by atoms with Crippen LogP contribution in [0.25, 0.3) is 6.08 Å². The van der Waals surface area contributed by atoms with Crippen molar-refractivity contribution in [1.82, 2.24) is 5.32 Å². The van der Waals surface area contributed by atoms with E-state index in [0.717, 1.165) is 11.8 Å². The van der Waals surface area contributed by atoms with Crippen LogP contribution in [-0.2, 0) is 16.0 Å². The molecule has 1 aliphatic heterocycles. The lowest BCUT2D eigenvalue weighted by Gasteiger charge is -2.11. The molecule has 2 aromatic rings. The number of methoxy groups -OCH3 is 1. The Morgan fingerprint density at radius 1 is 1.14 bits per heavy atom. The number of hydrogen-bond donors (Lipinski definition) is 1. The highest BCUT2D eigenvalue weighted by molar-refractivity contribution is 8.18. The summed E-state index contributed by atoms with van der Waals surface area (Å²) in [5.74, 6) is -0.517. The number of rotatable bonds is 5. The summed E-state index contributed by atoms with van der Waals surface area (Å²) in [6.07, 6.45) is 1.44. The van der Waals surface area contributed by atoms with Crippen LogP contribution < -0.4 is 14.8 Å². The summed E-state index contributed by atoms with van der Waals surface area (Å²) in [6.45, 7) is 0. The third kappa shape index (κ3) is 4.67.